The van der Waals surface area contributed by atoms with Gasteiger partial charge < -0.3 is 11.1 Å². The summed E-state index contributed by atoms with van der Waals surface area (Å²) in [6.45, 7) is 3.11. The van der Waals surface area contributed by atoms with Crippen molar-refractivity contribution in [2.24, 2.45) is 11.7 Å². The lowest BCUT2D eigenvalue weighted by Crippen LogP contribution is -2.37. The molecule has 0 radical (unpaired) electrons. The van der Waals surface area contributed by atoms with Gasteiger partial charge in [-0.25, -0.2) is 0 Å². The van der Waals surface area contributed by atoms with Crippen molar-refractivity contribution in [2.45, 2.75) is 31.4 Å². The summed E-state index contributed by atoms with van der Waals surface area (Å²) in [7, 11) is 0. The average Bonchev–Trinajstić information content (AvgIpc) is 2.26. The Balaban J connectivity index is 2.15. The van der Waals surface area contributed by atoms with E-state index >= 15 is 0 Å². The lowest BCUT2D eigenvalue weighted by molar-refractivity contribution is -0.124. The molecular formula is C10H20N2OS. The first-order valence-corrected chi connectivity index (χ1v) is 6.38. The molecule has 1 aliphatic rings. The molecule has 4 heteroatoms. The molecule has 0 saturated carbocycles. The van der Waals surface area contributed by atoms with Crippen LogP contribution in [-0.4, -0.2) is 30.0 Å². The fourth-order valence-corrected chi connectivity index (χ4v) is 2.70. The van der Waals surface area contributed by atoms with Crippen LogP contribution in [0.4, 0.5) is 0 Å². The molecule has 1 fully saturated rings. The van der Waals surface area contributed by atoms with Gasteiger partial charge in [0, 0.05) is 24.3 Å². The summed E-state index contributed by atoms with van der Waals surface area (Å²) in [6, 6.07) is 0. The Kier molecular flexibility index (Phi) is 5.33. The van der Waals surface area contributed by atoms with Crippen molar-refractivity contribution < 1.29 is 4.79 Å². The molecule has 1 aliphatic heterocycles. The Bertz CT molecular complexity index is 181. The Morgan fingerprint density at radius 2 is 2.43 bits per heavy atom. The van der Waals surface area contributed by atoms with Crippen molar-refractivity contribution in [1.29, 1.82) is 0 Å². The van der Waals surface area contributed by atoms with E-state index in [2.05, 4.69) is 5.32 Å². The maximum absolute atomic E-state index is 11.4. The van der Waals surface area contributed by atoms with Gasteiger partial charge in [-0.1, -0.05) is 13.3 Å². The largest absolute Gasteiger partial charge is 0.355 e. The Labute approximate surface area is 90.2 Å². The molecule has 82 valence electrons. The summed E-state index contributed by atoms with van der Waals surface area (Å²) in [5.74, 6) is 1.29. The number of amides is 1. The van der Waals surface area contributed by atoms with E-state index in [9.17, 15) is 4.79 Å². The second kappa shape index (κ2) is 6.30. The first kappa shape index (κ1) is 11.9. The number of rotatable bonds is 4. The van der Waals surface area contributed by atoms with E-state index in [4.69, 9.17) is 5.73 Å². The summed E-state index contributed by atoms with van der Waals surface area (Å²) >= 11 is 1.98. The highest BCUT2D eigenvalue weighted by atomic mass is 32.2. The van der Waals surface area contributed by atoms with E-state index in [0.29, 0.717) is 11.8 Å². The van der Waals surface area contributed by atoms with Crippen LogP contribution in [0.15, 0.2) is 0 Å². The van der Waals surface area contributed by atoms with Crippen LogP contribution in [-0.2, 0) is 4.79 Å². The maximum Gasteiger partial charge on any atom is 0.224 e. The smallest absolute Gasteiger partial charge is 0.224 e. The van der Waals surface area contributed by atoms with E-state index in [0.717, 1.165) is 6.54 Å². The van der Waals surface area contributed by atoms with E-state index in [1.807, 2.05) is 18.7 Å². The molecule has 0 aromatic heterocycles. The van der Waals surface area contributed by atoms with Gasteiger partial charge in [0.1, 0.15) is 0 Å². The van der Waals surface area contributed by atoms with Gasteiger partial charge in [0.15, 0.2) is 0 Å². The number of carbonyl (C=O) groups is 1. The molecule has 0 aliphatic carbocycles. The van der Waals surface area contributed by atoms with Crippen molar-refractivity contribution in [1.82, 2.24) is 5.32 Å². The van der Waals surface area contributed by atoms with Crippen LogP contribution in [0.5, 0.6) is 0 Å². The summed E-state index contributed by atoms with van der Waals surface area (Å²) < 4.78 is 0. The zero-order valence-electron chi connectivity index (χ0n) is 8.79. The molecule has 1 rings (SSSR count). The minimum Gasteiger partial charge on any atom is -0.355 e. The zero-order chi connectivity index (χ0) is 10.4. The van der Waals surface area contributed by atoms with Gasteiger partial charge in [0.05, 0.1) is 0 Å². The zero-order valence-corrected chi connectivity index (χ0v) is 9.61. The Hall–Kier alpha value is -0.220. The molecule has 0 spiro atoms. The van der Waals surface area contributed by atoms with Gasteiger partial charge in [-0.3, -0.25) is 4.79 Å². The van der Waals surface area contributed by atoms with Gasteiger partial charge in [0.25, 0.3) is 0 Å². The molecular weight excluding hydrogens is 196 g/mol. The number of thioether (sulfide) groups is 1. The van der Waals surface area contributed by atoms with Crippen LogP contribution >= 0.6 is 11.8 Å². The van der Waals surface area contributed by atoms with Gasteiger partial charge >= 0.3 is 0 Å². The number of nitrogens with one attached hydrogen (secondary N) is 1. The van der Waals surface area contributed by atoms with Crippen LogP contribution < -0.4 is 11.1 Å². The number of hydrogen-bond acceptors (Lipinski definition) is 3. The highest BCUT2D eigenvalue weighted by molar-refractivity contribution is 7.99. The molecule has 1 saturated heterocycles. The van der Waals surface area contributed by atoms with E-state index < -0.39 is 0 Å². The topological polar surface area (TPSA) is 55.1 Å². The third-order valence-corrected chi connectivity index (χ3v) is 3.98. The molecule has 0 bridgehead atoms. The van der Waals surface area contributed by atoms with Crippen LogP contribution in [0, 0.1) is 5.92 Å². The van der Waals surface area contributed by atoms with Crippen molar-refractivity contribution in [2.75, 3.05) is 18.8 Å². The van der Waals surface area contributed by atoms with Crippen LogP contribution in [0.2, 0.25) is 0 Å². The summed E-state index contributed by atoms with van der Waals surface area (Å²) in [6.07, 6.45) is 3.87. The molecule has 1 amide bonds. The lowest BCUT2D eigenvalue weighted by atomic mass is 10.1. The molecule has 3 nitrogen and oxygen atoms in total. The first-order chi connectivity index (χ1) is 6.74. The van der Waals surface area contributed by atoms with Crippen LogP contribution in [0.3, 0.4) is 0 Å². The summed E-state index contributed by atoms with van der Waals surface area (Å²) in [5.41, 5.74) is 5.42. The average molecular weight is 216 g/mol. The predicted molar refractivity (Wildman–Crippen MR) is 61.3 cm³/mol. The molecule has 0 aromatic carbocycles. The number of hydrogen-bond donors (Lipinski definition) is 2. The minimum atomic E-state index is -0.0522. The van der Waals surface area contributed by atoms with Crippen molar-refractivity contribution in [3.8, 4) is 0 Å². The monoisotopic (exact) mass is 216 g/mol. The van der Waals surface area contributed by atoms with E-state index in [1.54, 1.807) is 0 Å². The predicted octanol–water partition coefficient (Wildman–Crippen LogP) is 0.983. The fraction of sp³-hybridized carbons (Fsp3) is 0.900. The standard InChI is InChI=1S/C10H20N2OS/c1-8(6-11)10(13)12-7-9-4-2-3-5-14-9/h8-9H,2-7,11H2,1H3,(H,12,13). The third kappa shape index (κ3) is 3.88. The van der Waals surface area contributed by atoms with E-state index in [-0.39, 0.29) is 11.8 Å². The van der Waals surface area contributed by atoms with E-state index in [1.165, 1.54) is 25.0 Å². The quantitative estimate of drug-likeness (QED) is 0.736. The van der Waals surface area contributed by atoms with Crippen molar-refractivity contribution in [3.05, 3.63) is 0 Å². The first-order valence-electron chi connectivity index (χ1n) is 5.33. The molecule has 2 atom stereocenters. The molecule has 3 N–H and O–H groups in total. The number of carbonyl (C=O) groups excluding carboxylic acids is 1. The summed E-state index contributed by atoms with van der Waals surface area (Å²) in [5, 5.41) is 3.59. The molecule has 14 heavy (non-hydrogen) atoms. The number of nitrogens with two attached hydrogens (primary N) is 1. The second-order valence-corrected chi connectivity index (χ2v) is 5.28. The summed E-state index contributed by atoms with van der Waals surface area (Å²) in [4.78, 5) is 11.4. The molecule has 2 unspecified atom stereocenters. The van der Waals surface area contributed by atoms with Crippen molar-refractivity contribution >= 4 is 17.7 Å². The van der Waals surface area contributed by atoms with Gasteiger partial charge in [0.2, 0.25) is 5.91 Å². The Morgan fingerprint density at radius 3 is 3.00 bits per heavy atom. The molecule has 1 heterocycles. The fourth-order valence-electron chi connectivity index (χ4n) is 1.46. The van der Waals surface area contributed by atoms with Crippen LogP contribution in [0.25, 0.3) is 0 Å². The highest BCUT2D eigenvalue weighted by Gasteiger charge is 2.16. The third-order valence-electron chi connectivity index (χ3n) is 2.58. The minimum absolute atomic E-state index is 0.0522. The molecule has 0 aromatic rings. The maximum atomic E-state index is 11.4. The normalized spacial score (nSPS) is 24.3. The Morgan fingerprint density at radius 1 is 1.64 bits per heavy atom. The second-order valence-electron chi connectivity index (χ2n) is 3.87. The lowest BCUT2D eigenvalue weighted by Gasteiger charge is -2.22. The highest BCUT2D eigenvalue weighted by Crippen LogP contribution is 2.24. The SMILES string of the molecule is CC(CN)C(=O)NCC1CCCCS1. The van der Waals surface area contributed by atoms with Gasteiger partial charge in [-0.15, -0.1) is 0 Å². The van der Waals surface area contributed by atoms with Gasteiger partial charge in [-0.05, 0) is 18.6 Å². The van der Waals surface area contributed by atoms with Gasteiger partial charge in [-0.2, -0.15) is 11.8 Å². The van der Waals surface area contributed by atoms with Crippen molar-refractivity contribution in [3.63, 3.8) is 0 Å². The van der Waals surface area contributed by atoms with Crippen LogP contribution in [0.1, 0.15) is 26.2 Å².